The van der Waals surface area contributed by atoms with E-state index >= 15 is 0 Å². The van der Waals surface area contributed by atoms with Gasteiger partial charge in [0.15, 0.2) is 0 Å². The van der Waals surface area contributed by atoms with E-state index in [4.69, 9.17) is 9.47 Å². The summed E-state index contributed by atoms with van der Waals surface area (Å²) >= 11 is 0. The quantitative estimate of drug-likeness (QED) is 0.874. The fourth-order valence-electron chi connectivity index (χ4n) is 3.57. The minimum atomic E-state index is 0.0831. The number of hydrogen-bond acceptors (Lipinski definition) is 3. The summed E-state index contributed by atoms with van der Waals surface area (Å²) in [6.07, 6.45) is 2.92. The molecule has 1 saturated heterocycles. The second-order valence-electron chi connectivity index (χ2n) is 5.86. The van der Waals surface area contributed by atoms with Crippen molar-refractivity contribution in [1.82, 2.24) is 5.32 Å². The van der Waals surface area contributed by atoms with E-state index < -0.39 is 0 Å². The van der Waals surface area contributed by atoms with Gasteiger partial charge in [0, 0.05) is 24.5 Å². The molecule has 4 nitrogen and oxygen atoms in total. The standard InChI is InChI=1S/C17H23NO3/c1-2-13-16(14-8-10-21-17(13)14)18-15(19)9-11-20-12-6-4-3-5-7-12/h3-7,13-14,16-17H,2,8-11H2,1H3,(H,18,19)/t13-,14+,16-,17-/m0/s1. The molecule has 21 heavy (non-hydrogen) atoms. The van der Waals surface area contributed by atoms with Gasteiger partial charge in [0.1, 0.15) is 5.75 Å². The first kappa shape index (κ1) is 14.4. The number of carbonyl (C=O) groups is 1. The van der Waals surface area contributed by atoms with Crippen molar-refractivity contribution in [2.45, 2.75) is 38.3 Å². The summed E-state index contributed by atoms with van der Waals surface area (Å²) in [5.41, 5.74) is 0. The van der Waals surface area contributed by atoms with Crippen molar-refractivity contribution in [2.75, 3.05) is 13.2 Å². The molecule has 1 N–H and O–H groups in total. The Morgan fingerprint density at radius 3 is 2.95 bits per heavy atom. The third-order valence-electron chi connectivity index (χ3n) is 4.67. The van der Waals surface area contributed by atoms with Crippen molar-refractivity contribution in [3.05, 3.63) is 30.3 Å². The van der Waals surface area contributed by atoms with Crippen LogP contribution >= 0.6 is 0 Å². The Morgan fingerprint density at radius 2 is 2.19 bits per heavy atom. The van der Waals surface area contributed by atoms with E-state index in [1.165, 1.54) is 0 Å². The zero-order valence-electron chi connectivity index (χ0n) is 12.5. The van der Waals surface area contributed by atoms with Crippen LogP contribution in [0.2, 0.25) is 0 Å². The molecular formula is C17H23NO3. The number of nitrogens with one attached hydrogen (secondary N) is 1. The molecule has 4 heteroatoms. The van der Waals surface area contributed by atoms with Crippen LogP contribution < -0.4 is 10.1 Å². The highest BCUT2D eigenvalue weighted by molar-refractivity contribution is 5.76. The second kappa shape index (κ2) is 6.48. The normalized spacial score (nSPS) is 30.3. The number of fused-ring (bicyclic) bond motifs is 1. The molecule has 114 valence electrons. The molecule has 1 aliphatic carbocycles. The predicted octanol–water partition coefficient (Wildman–Crippen LogP) is 2.39. The first-order valence-corrected chi connectivity index (χ1v) is 7.88. The number of hydrogen-bond donors (Lipinski definition) is 1. The average molecular weight is 289 g/mol. The lowest BCUT2D eigenvalue weighted by atomic mass is 9.65. The van der Waals surface area contributed by atoms with E-state index in [1.807, 2.05) is 30.3 Å². The van der Waals surface area contributed by atoms with Crippen LogP contribution in [0.5, 0.6) is 5.75 Å². The van der Waals surface area contributed by atoms with E-state index in [1.54, 1.807) is 0 Å². The predicted molar refractivity (Wildman–Crippen MR) is 80.1 cm³/mol. The number of ether oxygens (including phenoxy) is 2. The van der Waals surface area contributed by atoms with Crippen LogP contribution in [0.3, 0.4) is 0 Å². The first-order valence-electron chi connectivity index (χ1n) is 7.88. The minimum absolute atomic E-state index is 0.0831. The maximum Gasteiger partial charge on any atom is 0.223 e. The zero-order chi connectivity index (χ0) is 14.7. The molecule has 1 aromatic carbocycles. The van der Waals surface area contributed by atoms with Crippen molar-refractivity contribution in [3.63, 3.8) is 0 Å². The highest BCUT2D eigenvalue weighted by Gasteiger charge is 2.53. The van der Waals surface area contributed by atoms with E-state index in [0.29, 0.717) is 37.0 Å². The third-order valence-corrected chi connectivity index (χ3v) is 4.67. The largest absolute Gasteiger partial charge is 0.493 e. The van der Waals surface area contributed by atoms with Crippen molar-refractivity contribution < 1.29 is 14.3 Å². The molecule has 1 amide bonds. The number of amides is 1. The molecule has 0 unspecified atom stereocenters. The molecule has 4 atom stereocenters. The molecule has 0 bridgehead atoms. The zero-order valence-corrected chi connectivity index (χ0v) is 12.5. The molecule has 0 radical (unpaired) electrons. The molecule has 2 fully saturated rings. The Bertz CT molecular complexity index is 476. The van der Waals surface area contributed by atoms with E-state index in [9.17, 15) is 4.79 Å². The van der Waals surface area contributed by atoms with Crippen LogP contribution in [0.4, 0.5) is 0 Å². The van der Waals surface area contributed by atoms with Crippen LogP contribution in [0.25, 0.3) is 0 Å². The van der Waals surface area contributed by atoms with Gasteiger partial charge >= 0.3 is 0 Å². The van der Waals surface area contributed by atoms with Crippen LogP contribution in [-0.2, 0) is 9.53 Å². The van der Waals surface area contributed by atoms with Gasteiger partial charge in [-0.3, -0.25) is 4.79 Å². The fraction of sp³-hybridized carbons (Fsp3) is 0.588. The Balaban J connectivity index is 1.42. The van der Waals surface area contributed by atoms with Crippen LogP contribution in [0.1, 0.15) is 26.2 Å². The number of rotatable bonds is 6. The number of benzene rings is 1. The molecule has 1 heterocycles. The van der Waals surface area contributed by atoms with E-state index in [0.717, 1.165) is 25.2 Å². The lowest BCUT2D eigenvalue weighted by molar-refractivity contribution is -0.127. The van der Waals surface area contributed by atoms with Crippen LogP contribution in [0.15, 0.2) is 30.3 Å². The minimum Gasteiger partial charge on any atom is -0.493 e. The number of para-hydroxylation sites is 1. The summed E-state index contributed by atoms with van der Waals surface area (Å²) in [6, 6.07) is 9.90. The van der Waals surface area contributed by atoms with Gasteiger partial charge in [-0.2, -0.15) is 0 Å². The van der Waals surface area contributed by atoms with Gasteiger partial charge < -0.3 is 14.8 Å². The maximum atomic E-state index is 12.1. The van der Waals surface area contributed by atoms with Gasteiger partial charge in [0.2, 0.25) is 5.91 Å². The third kappa shape index (κ3) is 3.05. The Labute approximate surface area is 125 Å². The molecule has 0 spiro atoms. The number of carbonyl (C=O) groups excluding carboxylic acids is 1. The molecule has 1 aromatic rings. The average Bonchev–Trinajstić information content (AvgIpc) is 2.91. The Morgan fingerprint density at radius 1 is 1.38 bits per heavy atom. The van der Waals surface area contributed by atoms with Gasteiger partial charge in [0.25, 0.3) is 0 Å². The highest BCUT2D eigenvalue weighted by Crippen LogP contribution is 2.45. The SMILES string of the molecule is CC[C@H]1[C@H](NC(=O)CCOc2ccccc2)[C@H]2CCO[C@H]21. The lowest BCUT2D eigenvalue weighted by Gasteiger charge is -2.47. The Hall–Kier alpha value is -1.55. The molecule has 1 saturated carbocycles. The highest BCUT2D eigenvalue weighted by atomic mass is 16.5. The maximum absolute atomic E-state index is 12.1. The van der Waals surface area contributed by atoms with Gasteiger partial charge in [-0.1, -0.05) is 25.1 Å². The van der Waals surface area contributed by atoms with Crippen molar-refractivity contribution in [2.24, 2.45) is 11.8 Å². The fourth-order valence-corrected chi connectivity index (χ4v) is 3.57. The van der Waals surface area contributed by atoms with Crippen LogP contribution in [-0.4, -0.2) is 31.3 Å². The smallest absolute Gasteiger partial charge is 0.223 e. The summed E-state index contributed by atoms with van der Waals surface area (Å²) in [5.74, 6) is 1.90. The molecule has 0 aromatic heterocycles. The Kier molecular flexibility index (Phi) is 4.44. The summed E-state index contributed by atoms with van der Waals surface area (Å²) < 4.78 is 11.3. The van der Waals surface area contributed by atoms with E-state index in [-0.39, 0.29) is 5.91 Å². The summed E-state index contributed by atoms with van der Waals surface area (Å²) in [4.78, 5) is 12.1. The van der Waals surface area contributed by atoms with Gasteiger partial charge in [-0.25, -0.2) is 0 Å². The molecule has 1 aliphatic heterocycles. The van der Waals surface area contributed by atoms with Gasteiger partial charge in [0.05, 0.1) is 19.1 Å². The van der Waals surface area contributed by atoms with Crippen LogP contribution in [0, 0.1) is 11.8 Å². The second-order valence-corrected chi connectivity index (χ2v) is 5.86. The first-order chi connectivity index (χ1) is 10.3. The van der Waals surface area contributed by atoms with E-state index in [2.05, 4.69) is 12.2 Å². The van der Waals surface area contributed by atoms with Crippen molar-refractivity contribution in [3.8, 4) is 5.75 Å². The topological polar surface area (TPSA) is 47.6 Å². The van der Waals surface area contributed by atoms with Gasteiger partial charge in [-0.05, 0) is 25.0 Å². The van der Waals surface area contributed by atoms with Crippen molar-refractivity contribution >= 4 is 5.91 Å². The van der Waals surface area contributed by atoms with Crippen molar-refractivity contribution in [1.29, 1.82) is 0 Å². The lowest BCUT2D eigenvalue weighted by Crippen LogP contribution is -2.61. The summed E-state index contributed by atoms with van der Waals surface area (Å²) in [7, 11) is 0. The molecule has 3 rings (SSSR count). The summed E-state index contributed by atoms with van der Waals surface area (Å²) in [6.45, 7) is 3.43. The monoisotopic (exact) mass is 289 g/mol. The van der Waals surface area contributed by atoms with Gasteiger partial charge in [-0.15, -0.1) is 0 Å². The molecule has 2 aliphatic rings. The summed E-state index contributed by atoms with van der Waals surface area (Å²) in [5, 5.41) is 3.18. The molecular weight excluding hydrogens is 266 g/mol.